The SMILES string of the molecule is c1ccc2c(-c3c4ccccc4c(C4CC4)c4ccccc34)cccc2c1. The van der Waals surface area contributed by atoms with E-state index in [0.29, 0.717) is 0 Å². The lowest BCUT2D eigenvalue weighted by Crippen LogP contribution is -1.92. The summed E-state index contributed by atoms with van der Waals surface area (Å²) in [6.07, 6.45) is 2.64. The van der Waals surface area contributed by atoms with E-state index in [1.165, 1.54) is 56.3 Å². The molecule has 0 heterocycles. The van der Waals surface area contributed by atoms with Gasteiger partial charge in [-0.3, -0.25) is 0 Å². The summed E-state index contributed by atoms with van der Waals surface area (Å²) in [5, 5.41) is 8.26. The van der Waals surface area contributed by atoms with E-state index in [1.54, 1.807) is 5.56 Å². The predicted molar refractivity (Wildman–Crippen MR) is 116 cm³/mol. The van der Waals surface area contributed by atoms with Crippen LogP contribution in [-0.4, -0.2) is 0 Å². The number of rotatable bonds is 2. The first kappa shape index (κ1) is 15.0. The minimum absolute atomic E-state index is 0.723. The molecule has 5 aromatic rings. The fourth-order valence-corrected chi connectivity index (χ4v) is 4.71. The van der Waals surface area contributed by atoms with Crippen LogP contribution in [0.2, 0.25) is 0 Å². The molecule has 1 fully saturated rings. The van der Waals surface area contributed by atoms with E-state index in [9.17, 15) is 0 Å². The van der Waals surface area contributed by atoms with Crippen molar-refractivity contribution in [2.45, 2.75) is 18.8 Å². The van der Waals surface area contributed by atoms with Crippen LogP contribution >= 0.6 is 0 Å². The lowest BCUT2D eigenvalue weighted by Gasteiger charge is -2.18. The summed E-state index contributed by atoms with van der Waals surface area (Å²) in [5.41, 5.74) is 4.27. The maximum atomic E-state index is 2.32. The van der Waals surface area contributed by atoms with Crippen LogP contribution in [-0.2, 0) is 0 Å². The number of benzene rings is 5. The van der Waals surface area contributed by atoms with Gasteiger partial charge in [0.1, 0.15) is 0 Å². The van der Waals surface area contributed by atoms with E-state index in [2.05, 4.69) is 91.0 Å². The largest absolute Gasteiger partial charge is 0.0616 e. The third-order valence-electron chi connectivity index (χ3n) is 6.02. The molecule has 5 aromatic carbocycles. The summed E-state index contributed by atoms with van der Waals surface area (Å²) in [4.78, 5) is 0. The van der Waals surface area contributed by atoms with Gasteiger partial charge >= 0.3 is 0 Å². The van der Waals surface area contributed by atoms with Gasteiger partial charge in [-0.15, -0.1) is 0 Å². The number of hydrogen-bond donors (Lipinski definition) is 0. The van der Waals surface area contributed by atoms with Crippen LogP contribution in [0.4, 0.5) is 0 Å². The van der Waals surface area contributed by atoms with Gasteiger partial charge in [-0.2, -0.15) is 0 Å². The Kier molecular flexibility index (Phi) is 3.16. The van der Waals surface area contributed by atoms with Crippen molar-refractivity contribution in [2.24, 2.45) is 0 Å². The molecule has 0 unspecified atom stereocenters. The van der Waals surface area contributed by atoms with Crippen LogP contribution in [0.25, 0.3) is 43.4 Å². The van der Waals surface area contributed by atoms with Crippen LogP contribution < -0.4 is 0 Å². The van der Waals surface area contributed by atoms with Crippen molar-refractivity contribution in [3.8, 4) is 11.1 Å². The Balaban J connectivity index is 1.85. The van der Waals surface area contributed by atoms with E-state index in [0.717, 1.165) is 5.92 Å². The molecule has 1 saturated carbocycles. The Morgan fingerprint density at radius 2 is 1.00 bits per heavy atom. The highest BCUT2D eigenvalue weighted by Crippen LogP contribution is 2.50. The summed E-state index contributed by atoms with van der Waals surface area (Å²) in [7, 11) is 0. The molecule has 0 aromatic heterocycles. The molecule has 1 aliphatic rings. The highest BCUT2D eigenvalue weighted by molar-refractivity contribution is 6.18. The fourth-order valence-electron chi connectivity index (χ4n) is 4.71. The summed E-state index contributed by atoms with van der Waals surface area (Å²) in [6, 6.07) is 33.4. The summed E-state index contributed by atoms with van der Waals surface area (Å²) < 4.78 is 0. The van der Waals surface area contributed by atoms with E-state index in [4.69, 9.17) is 0 Å². The summed E-state index contributed by atoms with van der Waals surface area (Å²) in [6.45, 7) is 0. The molecule has 1 aliphatic carbocycles. The van der Waals surface area contributed by atoms with Gasteiger partial charge in [0, 0.05) is 0 Å². The van der Waals surface area contributed by atoms with E-state index in [1.807, 2.05) is 0 Å². The van der Waals surface area contributed by atoms with Crippen molar-refractivity contribution in [3.05, 3.63) is 96.6 Å². The molecule has 0 nitrogen and oxygen atoms in total. The van der Waals surface area contributed by atoms with Gasteiger partial charge in [0.05, 0.1) is 0 Å². The lowest BCUT2D eigenvalue weighted by atomic mass is 9.85. The second-order valence-corrected chi connectivity index (χ2v) is 7.68. The van der Waals surface area contributed by atoms with Crippen LogP contribution in [0.15, 0.2) is 91.0 Å². The Morgan fingerprint density at radius 1 is 0.481 bits per heavy atom. The normalized spacial score (nSPS) is 14.2. The van der Waals surface area contributed by atoms with E-state index < -0.39 is 0 Å². The molecular formula is C27H20. The molecule has 0 spiro atoms. The molecule has 0 saturated heterocycles. The molecule has 0 aliphatic heterocycles. The molecule has 0 atom stereocenters. The molecule has 6 rings (SSSR count). The van der Waals surface area contributed by atoms with Crippen LogP contribution in [0.1, 0.15) is 24.3 Å². The second-order valence-electron chi connectivity index (χ2n) is 7.68. The smallest absolute Gasteiger partial charge is 0.00204 e. The lowest BCUT2D eigenvalue weighted by molar-refractivity contribution is 1.17. The zero-order valence-electron chi connectivity index (χ0n) is 15.2. The van der Waals surface area contributed by atoms with E-state index in [-0.39, 0.29) is 0 Å². The molecule has 0 amide bonds. The zero-order chi connectivity index (χ0) is 17.8. The molecular weight excluding hydrogens is 324 g/mol. The topological polar surface area (TPSA) is 0 Å². The first-order valence-corrected chi connectivity index (χ1v) is 9.83. The average molecular weight is 344 g/mol. The Hall–Kier alpha value is -3.12. The van der Waals surface area contributed by atoms with Crippen LogP contribution in [0, 0.1) is 0 Å². The quantitative estimate of drug-likeness (QED) is 0.288. The van der Waals surface area contributed by atoms with E-state index >= 15 is 0 Å². The van der Waals surface area contributed by atoms with Gasteiger partial charge in [-0.05, 0) is 67.8 Å². The maximum Gasteiger partial charge on any atom is -0.00204 e. The van der Waals surface area contributed by atoms with Crippen molar-refractivity contribution in [2.75, 3.05) is 0 Å². The Morgan fingerprint density at radius 3 is 1.63 bits per heavy atom. The molecule has 0 heteroatoms. The van der Waals surface area contributed by atoms with Gasteiger partial charge in [0.25, 0.3) is 0 Å². The number of hydrogen-bond acceptors (Lipinski definition) is 0. The van der Waals surface area contributed by atoms with Crippen molar-refractivity contribution in [1.29, 1.82) is 0 Å². The van der Waals surface area contributed by atoms with Crippen molar-refractivity contribution >= 4 is 32.3 Å². The fraction of sp³-hybridized carbons (Fsp3) is 0.111. The monoisotopic (exact) mass is 344 g/mol. The molecule has 128 valence electrons. The molecule has 27 heavy (non-hydrogen) atoms. The first-order chi connectivity index (χ1) is 13.4. The molecule has 0 N–H and O–H groups in total. The van der Waals surface area contributed by atoms with Gasteiger partial charge in [0.15, 0.2) is 0 Å². The van der Waals surface area contributed by atoms with Crippen LogP contribution in [0.5, 0.6) is 0 Å². The van der Waals surface area contributed by atoms with Crippen molar-refractivity contribution in [1.82, 2.24) is 0 Å². The summed E-state index contributed by atoms with van der Waals surface area (Å²) in [5.74, 6) is 0.723. The third-order valence-corrected chi connectivity index (χ3v) is 6.02. The maximum absolute atomic E-state index is 2.32. The number of fused-ring (bicyclic) bond motifs is 3. The standard InChI is InChI=1S/C27H20/c1-2-10-20-18(8-1)9-7-15-21(20)27-24-13-5-3-11-22(24)26(19-16-17-19)23-12-4-6-14-25(23)27/h1-15,19H,16-17H2. The van der Waals surface area contributed by atoms with Gasteiger partial charge in [-0.1, -0.05) is 91.0 Å². The van der Waals surface area contributed by atoms with Crippen LogP contribution in [0.3, 0.4) is 0 Å². The third kappa shape index (κ3) is 2.23. The molecule has 0 radical (unpaired) electrons. The average Bonchev–Trinajstić information content (AvgIpc) is 3.56. The second kappa shape index (κ2) is 5.69. The minimum Gasteiger partial charge on any atom is -0.0616 e. The highest BCUT2D eigenvalue weighted by atomic mass is 14.3. The predicted octanol–water partition coefficient (Wildman–Crippen LogP) is 7.69. The Labute approximate surface area is 159 Å². The Bertz CT molecular complexity index is 1260. The summed E-state index contributed by atoms with van der Waals surface area (Å²) >= 11 is 0. The van der Waals surface area contributed by atoms with Gasteiger partial charge < -0.3 is 0 Å². The first-order valence-electron chi connectivity index (χ1n) is 9.83. The van der Waals surface area contributed by atoms with Gasteiger partial charge in [0.2, 0.25) is 0 Å². The van der Waals surface area contributed by atoms with Crippen molar-refractivity contribution in [3.63, 3.8) is 0 Å². The minimum atomic E-state index is 0.723. The van der Waals surface area contributed by atoms with Gasteiger partial charge in [-0.25, -0.2) is 0 Å². The highest BCUT2D eigenvalue weighted by Gasteiger charge is 2.28. The van der Waals surface area contributed by atoms with Crippen molar-refractivity contribution < 1.29 is 0 Å². The molecule has 0 bridgehead atoms. The zero-order valence-corrected chi connectivity index (χ0v) is 15.2.